The smallest absolute Gasteiger partial charge is 0.174 e. The number of halogens is 2. The molecule has 14 heavy (non-hydrogen) atoms. The van der Waals surface area contributed by atoms with Gasteiger partial charge in [-0.2, -0.15) is 0 Å². The van der Waals surface area contributed by atoms with Crippen molar-refractivity contribution in [2.75, 3.05) is 13.7 Å². The van der Waals surface area contributed by atoms with Crippen LogP contribution < -0.4 is 9.47 Å². The zero-order valence-corrected chi connectivity index (χ0v) is 11.3. The van der Waals surface area contributed by atoms with Crippen LogP contribution in [0, 0.1) is 0 Å². The number of methoxy groups -OCH3 is 1. The first-order valence-electron chi connectivity index (χ1n) is 4.28. The summed E-state index contributed by atoms with van der Waals surface area (Å²) in [4.78, 5) is 0. The van der Waals surface area contributed by atoms with Crippen molar-refractivity contribution in [1.82, 2.24) is 0 Å². The van der Waals surface area contributed by atoms with Gasteiger partial charge in [0.2, 0.25) is 0 Å². The molecule has 0 bridgehead atoms. The van der Waals surface area contributed by atoms with E-state index in [1.807, 2.05) is 19.1 Å². The highest BCUT2D eigenvalue weighted by molar-refractivity contribution is 9.10. The maximum absolute atomic E-state index is 5.48. The number of alkyl halides is 1. The molecule has 0 amide bonds. The highest BCUT2D eigenvalue weighted by atomic mass is 79.9. The highest BCUT2D eigenvalue weighted by Gasteiger charge is 2.10. The first-order chi connectivity index (χ1) is 6.72. The van der Waals surface area contributed by atoms with Gasteiger partial charge in [0.15, 0.2) is 11.5 Å². The van der Waals surface area contributed by atoms with Crippen molar-refractivity contribution in [3.63, 3.8) is 0 Å². The summed E-state index contributed by atoms with van der Waals surface area (Å²) < 4.78 is 11.6. The van der Waals surface area contributed by atoms with Gasteiger partial charge in [0, 0.05) is 5.33 Å². The molecule has 0 spiro atoms. The van der Waals surface area contributed by atoms with E-state index in [2.05, 4.69) is 31.9 Å². The van der Waals surface area contributed by atoms with E-state index in [-0.39, 0.29) is 0 Å². The summed E-state index contributed by atoms with van der Waals surface area (Å²) in [6.07, 6.45) is 0. The molecule has 78 valence electrons. The Labute approximate surface area is 101 Å². The van der Waals surface area contributed by atoms with Crippen LogP contribution in [0.2, 0.25) is 0 Å². The minimum Gasteiger partial charge on any atom is -0.492 e. The van der Waals surface area contributed by atoms with Crippen LogP contribution >= 0.6 is 31.9 Å². The van der Waals surface area contributed by atoms with Gasteiger partial charge in [-0.05, 0) is 40.5 Å². The lowest BCUT2D eigenvalue weighted by molar-refractivity contribution is 0.309. The van der Waals surface area contributed by atoms with E-state index in [0.717, 1.165) is 26.9 Å². The molecule has 4 heteroatoms. The molecule has 2 nitrogen and oxygen atoms in total. The SMILES string of the molecule is CCOc1cc(CBr)cc(Br)c1OC. The molecule has 0 aliphatic heterocycles. The molecule has 1 rings (SSSR count). The summed E-state index contributed by atoms with van der Waals surface area (Å²) in [5.41, 5.74) is 1.15. The quantitative estimate of drug-likeness (QED) is 0.786. The van der Waals surface area contributed by atoms with Crippen LogP contribution in [0.4, 0.5) is 0 Å². The molecule has 0 heterocycles. The molecule has 0 N–H and O–H groups in total. The second kappa shape index (κ2) is 5.61. The van der Waals surface area contributed by atoms with Gasteiger partial charge >= 0.3 is 0 Å². The summed E-state index contributed by atoms with van der Waals surface area (Å²) >= 11 is 6.85. The molecule has 0 atom stereocenters. The second-order valence-corrected chi connectivity index (χ2v) is 4.09. The Balaban J connectivity index is 3.13. The minimum atomic E-state index is 0.633. The fourth-order valence-corrected chi connectivity index (χ4v) is 2.13. The summed E-state index contributed by atoms with van der Waals surface area (Å²) in [6.45, 7) is 2.59. The third-order valence-electron chi connectivity index (χ3n) is 1.73. The summed E-state index contributed by atoms with van der Waals surface area (Å²) in [6, 6.07) is 3.98. The van der Waals surface area contributed by atoms with Crippen LogP contribution in [0.1, 0.15) is 12.5 Å². The Kier molecular flexibility index (Phi) is 4.75. The Morgan fingerprint density at radius 1 is 1.36 bits per heavy atom. The molecule has 1 aromatic rings. The van der Waals surface area contributed by atoms with Crippen LogP contribution in [0.15, 0.2) is 16.6 Å². The monoisotopic (exact) mass is 322 g/mol. The van der Waals surface area contributed by atoms with Gasteiger partial charge in [-0.1, -0.05) is 15.9 Å². The third kappa shape index (κ3) is 2.64. The van der Waals surface area contributed by atoms with Crippen LogP contribution in [-0.4, -0.2) is 13.7 Å². The molecule has 0 saturated carbocycles. The van der Waals surface area contributed by atoms with Gasteiger partial charge in [-0.25, -0.2) is 0 Å². The van der Waals surface area contributed by atoms with Gasteiger partial charge in [0.1, 0.15) is 0 Å². The topological polar surface area (TPSA) is 18.5 Å². The molecule has 0 aliphatic rings. The first-order valence-corrected chi connectivity index (χ1v) is 6.19. The van der Waals surface area contributed by atoms with Crippen LogP contribution in [0.3, 0.4) is 0 Å². The Bertz CT molecular complexity index is 313. The van der Waals surface area contributed by atoms with Crippen LogP contribution in [-0.2, 0) is 5.33 Å². The molecular weight excluding hydrogens is 312 g/mol. The average molecular weight is 324 g/mol. The molecule has 1 aromatic carbocycles. The van der Waals surface area contributed by atoms with Crippen molar-refractivity contribution >= 4 is 31.9 Å². The largest absolute Gasteiger partial charge is 0.492 e. The van der Waals surface area contributed by atoms with E-state index in [1.54, 1.807) is 7.11 Å². The predicted octanol–water partition coefficient (Wildman–Crippen LogP) is 3.75. The van der Waals surface area contributed by atoms with Gasteiger partial charge < -0.3 is 9.47 Å². The van der Waals surface area contributed by atoms with E-state index in [4.69, 9.17) is 9.47 Å². The van der Waals surface area contributed by atoms with Crippen molar-refractivity contribution in [3.05, 3.63) is 22.2 Å². The molecule has 0 aliphatic carbocycles. The average Bonchev–Trinajstić information content (AvgIpc) is 2.18. The molecule has 0 fully saturated rings. The molecular formula is C10H12Br2O2. The predicted molar refractivity (Wildman–Crippen MR) is 64.5 cm³/mol. The Morgan fingerprint density at radius 3 is 2.57 bits per heavy atom. The van der Waals surface area contributed by atoms with Crippen LogP contribution in [0.5, 0.6) is 11.5 Å². The zero-order valence-electron chi connectivity index (χ0n) is 8.14. The lowest BCUT2D eigenvalue weighted by atomic mass is 10.2. The second-order valence-electron chi connectivity index (χ2n) is 2.68. The standard InChI is InChI=1S/C10H12Br2O2/c1-3-14-9-5-7(6-11)4-8(12)10(9)13-2/h4-5H,3,6H2,1-2H3. The fraction of sp³-hybridized carbons (Fsp3) is 0.400. The number of benzene rings is 1. The van der Waals surface area contributed by atoms with E-state index < -0.39 is 0 Å². The molecule has 0 saturated heterocycles. The van der Waals surface area contributed by atoms with E-state index >= 15 is 0 Å². The van der Waals surface area contributed by atoms with E-state index in [9.17, 15) is 0 Å². The minimum absolute atomic E-state index is 0.633. The summed E-state index contributed by atoms with van der Waals surface area (Å²) in [5, 5.41) is 0.801. The Hall–Kier alpha value is -0.220. The number of rotatable bonds is 4. The van der Waals surface area contributed by atoms with Crippen molar-refractivity contribution in [2.45, 2.75) is 12.3 Å². The lowest BCUT2D eigenvalue weighted by Gasteiger charge is -2.12. The summed E-state index contributed by atoms with van der Waals surface area (Å²) in [7, 11) is 1.64. The first kappa shape index (κ1) is 11.9. The van der Waals surface area contributed by atoms with E-state index in [0.29, 0.717) is 6.61 Å². The highest BCUT2D eigenvalue weighted by Crippen LogP contribution is 2.36. The van der Waals surface area contributed by atoms with Crippen molar-refractivity contribution < 1.29 is 9.47 Å². The van der Waals surface area contributed by atoms with Crippen molar-refractivity contribution in [1.29, 1.82) is 0 Å². The molecule has 0 aromatic heterocycles. The third-order valence-corrected chi connectivity index (χ3v) is 2.96. The Morgan fingerprint density at radius 2 is 2.07 bits per heavy atom. The van der Waals surface area contributed by atoms with E-state index in [1.165, 1.54) is 0 Å². The number of ether oxygens (including phenoxy) is 2. The maximum Gasteiger partial charge on any atom is 0.174 e. The van der Waals surface area contributed by atoms with Gasteiger partial charge in [-0.3, -0.25) is 0 Å². The zero-order chi connectivity index (χ0) is 10.6. The van der Waals surface area contributed by atoms with Crippen molar-refractivity contribution in [3.8, 4) is 11.5 Å². The van der Waals surface area contributed by atoms with Gasteiger partial charge in [0.25, 0.3) is 0 Å². The lowest BCUT2D eigenvalue weighted by Crippen LogP contribution is -1.97. The normalized spacial score (nSPS) is 10.0. The van der Waals surface area contributed by atoms with Crippen LogP contribution in [0.25, 0.3) is 0 Å². The maximum atomic E-state index is 5.48. The molecule has 0 unspecified atom stereocenters. The summed E-state index contributed by atoms with van der Waals surface area (Å²) in [5.74, 6) is 1.52. The van der Waals surface area contributed by atoms with Crippen molar-refractivity contribution in [2.24, 2.45) is 0 Å². The number of hydrogen-bond acceptors (Lipinski definition) is 2. The molecule has 0 radical (unpaired) electrons. The fourth-order valence-electron chi connectivity index (χ4n) is 1.16. The number of hydrogen-bond donors (Lipinski definition) is 0. The van der Waals surface area contributed by atoms with Gasteiger partial charge in [0.05, 0.1) is 18.2 Å². The van der Waals surface area contributed by atoms with Gasteiger partial charge in [-0.15, -0.1) is 0 Å².